The van der Waals surface area contributed by atoms with E-state index in [1.54, 1.807) is 32.9 Å². The van der Waals surface area contributed by atoms with Gasteiger partial charge >= 0.3 is 0 Å². The van der Waals surface area contributed by atoms with Crippen LogP contribution in [0.2, 0.25) is 10.0 Å². The van der Waals surface area contributed by atoms with Crippen molar-refractivity contribution < 1.29 is 23.7 Å². The first-order chi connectivity index (χ1) is 11.3. The van der Waals surface area contributed by atoms with E-state index in [1.165, 1.54) is 0 Å². The summed E-state index contributed by atoms with van der Waals surface area (Å²) in [5.74, 6) is -0.797. The van der Waals surface area contributed by atoms with Crippen LogP contribution >= 0.6 is 23.2 Å². The van der Waals surface area contributed by atoms with Gasteiger partial charge in [0.2, 0.25) is 0 Å². The highest BCUT2D eigenvalue weighted by Crippen LogP contribution is 2.39. The van der Waals surface area contributed by atoms with Gasteiger partial charge in [0.1, 0.15) is 18.3 Å². The van der Waals surface area contributed by atoms with Gasteiger partial charge in [-0.15, -0.1) is 0 Å². The number of ether oxygens (including phenoxy) is 4. The van der Waals surface area contributed by atoms with E-state index in [4.69, 9.17) is 42.1 Å². The van der Waals surface area contributed by atoms with Crippen molar-refractivity contribution in [2.75, 3.05) is 0 Å². The Kier molecular flexibility index (Phi) is 5.21. The lowest BCUT2D eigenvalue weighted by Crippen LogP contribution is -2.40. The van der Waals surface area contributed by atoms with Crippen LogP contribution in [-0.4, -0.2) is 36.2 Å². The van der Waals surface area contributed by atoms with E-state index in [1.807, 2.05) is 6.07 Å². The standard InChI is InChI=1S/C17H20Cl2O5/c1-4-12(20)13-14(15-16(22-13)24-17(2,3)23-15)21-8-9-5-6-10(18)11(19)7-9/h5-7,13-16H,4,8H2,1-3H3/t13-,14+,15-,16-/m1/s1. The average Bonchev–Trinajstić information content (AvgIpc) is 2.99. The Morgan fingerprint density at radius 2 is 2.00 bits per heavy atom. The van der Waals surface area contributed by atoms with Gasteiger partial charge in [-0.2, -0.15) is 0 Å². The molecule has 1 aromatic carbocycles. The molecule has 4 atom stereocenters. The minimum Gasteiger partial charge on any atom is -0.367 e. The van der Waals surface area contributed by atoms with Crippen molar-refractivity contribution in [1.82, 2.24) is 0 Å². The minimum absolute atomic E-state index is 0.0338. The van der Waals surface area contributed by atoms with Gasteiger partial charge in [-0.25, -0.2) is 0 Å². The van der Waals surface area contributed by atoms with E-state index in [-0.39, 0.29) is 12.4 Å². The molecule has 0 saturated carbocycles. The Morgan fingerprint density at radius 3 is 2.67 bits per heavy atom. The molecule has 0 amide bonds. The maximum Gasteiger partial charge on any atom is 0.190 e. The second kappa shape index (κ2) is 6.90. The number of carbonyl (C=O) groups excluding carboxylic acids is 1. The van der Waals surface area contributed by atoms with Crippen LogP contribution in [0.1, 0.15) is 32.8 Å². The quantitative estimate of drug-likeness (QED) is 0.785. The molecule has 0 radical (unpaired) electrons. The summed E-state index contributed by atoms with van der Waals surface area (Å²) in [4.78, 5) is 12.2. The smallest absolute Gasteiger partial charge is 0.190 e. The molecule has 0 aromatic heterocycles. The van der Waals surface area contributed by atoms with Gasteiger partial charge in [0.05, 0.1) is 16.7 Å². The Morgan fingerprint density at radius 1 is 1.25 bits per heavy atom. The molecule has 0 spiro atoms. The van der Waals surface area contributed by atoms with Crippen molar-refractivity contribution in [2.45, 2.75) is 64.2 Å². The van der Waals surface area contributed by atoms with Gasteiger partial charge in [-0.1, -0.05) is 36.2 Å². The van der Waals surface area contributed by atoms with E-state index in [2.05, 4.69) is 0 Å². The highest BCUT2D eigenvalue weighted by atomic mass is 35.5. The van der Waals surface area contributed by atoms with E-state index in [9.17, 15) is 4.79 Å². The fraction of sp³-hybridized carbons (Fsp3) is 0.588. The van der Waals surface area contributed by atoms with Gasteiger partial charge in [0.25, 0.3) is 0 Å². The molecule has 2 fully saturated rings. The molecule has 2 aliphatic heterocycles. The van der Waals surface area contributed by atoms with Crippen molar-refractivity contribution in [3.8, 4) is 0 Å². The molecule has 0 aliphatic carbocycles. The summed E-state index contributed by atoms with van der Waals surface area (Å²) in [6.07, 6.45) is -1.90. The normalized spacial score (nSPS) is 31.2. The SMILES string of the molecule is CCC(=O)[C@H]1O[C@@H]2OC(C)(C)O[C@@H]2[C@H]1OCc1ccc(Cl)c(Cl)c1. The maximum absolute atomic E-state index is 12.2. The zero-order valence-electron chi connectivity index (χ0n) is 13.8. The molecule has 132 valence electrons. The number of hydrogen-bond donors (Lipinski definition) is 0. The number of hydrogen-bond acceptors (Lipinski definition) is 5. The fourth-order valence-corrected chi connectivity index (χ4v) is 3.26. The summed E-state index contributed by atoms with van der Waals surface area (Å²) in [5, 5.41) is 0.944. The Bertz CT molecular complexity index is 633. The maximum atomic E-state index is 12.2. The highest BCUT2D eigenvalue weighted by molar-refractivity contribution is 6.42. The third kappa shape index (κ3) is 3.62. The first-order valence-corrected chi connectivity index (χ1v) is 8.65. The van der Waals surface area contributed by atoms with Crippen LogP contribution in [-0.2, 0) is 30.3 Å². The van der Waals surface area contributed by atoms with E-state index >= 15 is 0 Å². The Hall–Kier alpha value is -0.690. The molecule has 2 heterocycles. The van der Waals surface area contributed by atoms with Crippen LogP contribution in [0, 0.1) is 0 Å². The zero-order chi connectivity index (χ0) is 17.5. The Labute approximate surface area is 151 Å². The van der Waals surface area contributed by atoms with Crippen LogP contribution in [0.5, 0.6) is 0 Å². The monoisotopic (exact) mass is 374 g/mol. The third-order valence-electron chi connectivity index (χ3n) is 4.08. The summed E-state index contributed by atoms with van der Waals surface area (Å²) in [6.45, 7) is 5.68. The predicted octanol–water partition coefficient (Wildman–Crippen LogP) is 3.73. The predicted molar refractivity (Wildman–Crippen MR) is 89.0 cm³/mol. The highest BCUT2D eigenvalue weighted by Gasteiger charge is 2.56. The molecular weight excluding hydrogens is 355 g/mol. The number of ketones is 1. The number of fused-ring (bicyclic) bond motifs is 1. The van der Waals surface area contributed by atoms with E-state index in [0.29, 0.717) is 16.5 Å². The van der Waals surface area contributed by atoms with Crippen molar-refractivity contribution in [3.05, 3.63) is 33.8 Å². The first-order valence-electron chi connectivity index (χ1n) is 7.90. The molecule has 0 bridgehead atoms. The number of benzene rings is 1. The number of rotatable bonds is 5. The van der Waals surface area contributed by atoms with E-state index < -0.39 is 30.4 Å². The largest absolute Gasteiger partial charge is 0.367 e. The summed E-state index contributed by atoms with van der Waals surface area (Å²) in [7, 11) is 0. The van der Waals surface area contributed by atoms with Gasteiger partial charge in [-0.05, 0) is 31.5 Å². The molecule has 2 saturated heterocycles. The van der Waals surface area contributed by atoms with Crippen LogP contribution in [0.3, 0.4) is 0 Å². The molecule has 7 heteroatoms. The van der Waals surface area contributed by atoms with Crippen LogP contribution < -0.4 is 0 Å². The molecule has 3 rings (SSSR count). The average molecular weight is 375 g/mol. The molecule has 1 aromatic rings. The summed E-state index contributed by atoms with van der Waals surface area (Å²) in [6, 6.07) is 5.28. The van der Waals surface area contributed by atoms with Gasteiger partial charge in [0, 0.05) is 6.42 Å². The summed E-state index contributed by atoms with van der Waals surface area (Å²) >= 11 is 11.9. The number of Topliss-reactive ketones (excluding diaryl/α,β-unsaturated/α-hetero) is 1. The topological polar surface area (TPSA) is 54.0 Å². The molecule has 24 heavy (non-hydrogen) atoms. The van der Waals surface area contributed by atoms with Crippen molar-refractivity contribution in [2.24, 2.45) is 0 Å². The molecule has 2 aliphatic rings. The first kappa shape index (κ1) is 18.1. The Balaban J connectivity index is 1.74. The van der Waals surface area contributed by atoms with Crippen molar-refractivity contribution in [1.29, 1.82) is 0 Å². The molecule has 5 nitrogen and oxygen atoms in total. The zero-order valence-corrected chi connectivity index (χ0v) is 15.3. The lowest BCUT2D eigenvalue weighted by molar-refractivity contribution is -0.218. The van der Waals surface area contributed by atoms with Crippen molar-refractivity contribution >= 4 is 29.0 Å². The lowest BCUT2D eigenvalue weighted by atomic mass is 10.1. The molecule has 0 unspecified atom stereocenters. The second-order valence-electron chi connectivity index (χ2n) is 6.37. The number of carbonyl (C=O) groups is 1. The van der Waals surface area contributed by atoms with Gasteiger partial charge < -0.3 is 18.9 Å². The van der Waals surface area contributed by atoms with Crippen molar-refractivity contribution in [3.63, 3.8) is 0 Å². The van der Waals surface area contributed by atoms with Gasteiger partial charge in [0.15, 0.2) is 17.9 Å². The van der Waals surface area contributed by atoms with Crippen LogP contribution in [0.25, 0.3) is 0 Å². The van der Waals surface area contributed by atoms with Gasteiger partial charge in [-0.3, -0.25) is 4.79 Å². The number of halogens is 2. The summed E-state index contributed by atoms with van der Waals surface area (Å²) < 4.78 is 23.3. The van der Waals surface area contributed by atoms with E-state index in [0.717, 1.165) is 5.56 Å². The van der Waals surface area contributed by atoms with Crippen LogP contribution in [0.4, 0.5) is 0 Å². The second-order valence-corrected chi connectivity index (χ2v) is 7.18. The molecular formula is C17H20Cl2O5. The van der Waals surface area contributed by atoms with Crippen LogP contribution in [0.15, 0.2) is 18.2 Å². The minimum atomic E-state index is -0.763. The lowest BCUT2D eigenvalue weighted by Gasteiger charge is -2.25. The molecule has 0 N–H and O–H groups in total. The third-order valence-corrected chi connectivity index (χ3v) is 4.82. The summed E-state index contributed by atoms with van der Waals surface area (Å²) in [5.41, 5.74) is 0.855. The fourth-order valence-electron chi connectivity index (χ4n) is 2.94.